The first-order valence-electron chi connectivity index (χ1n) is 8.46. The maximum absolute atomic E-state index is 13.1. The lowest BCUT2D eigenvalue weighted by Crippen LogP contribution is -2.40. The Morgan fingerprint density at radius 1 is 1.15 bits per heavy atom. The molecule has 0 aliphatic rings. The number of thiophene rings is 1. The second kappa shape index (κ2) is 8.10. The van der Waals surface area contributed by atoms with Crippen LogP contribution in [-0.4, -0.2) is 26.6 Å². The quantitative estimate of drug-likeness (QED) is 0.673. The van der Waals surface area contributed by atoms with E-state index in [1.807, 2.05) is 53.6 Å². The zero-order valence-electron chi connectivity index (χ0n) is 14.8. The van der Waals surface area contributed by atoms with E-state index in [9.17, 15) is 9.59 Å². The fourth-order valence-electron chi connectivity index (χ4n) is 2.80. The summed E-state index contributed by atoms with van der Waals surface area (Å²) >= 11 is 1.69. The predicted octanol–water partition coefficient (Wildman–Crippen LogP) is 3.12. The molecule has 2 aromatic heterocycles. The molecular formula is C20H21N3O2S. The topological polar surface area (TPSA) is 55.2 Å². The Labute approximate surface area is 156 Å². The van der Waals surface area contributed by atoms with Gasteiger partial charge in [-0.15, -0.1) is 11.3 Å². The molecule has 26 heavy (non-hydrogen) atoms. The number of hydrogen-bond donors (Lipinski definition) is 0. The number of amides is 1. The number of benzene rings is 1. The Morgan fingerprint density at radius 2 is 1.92 bits per heavy atom. The average molecular weight is 367 g/mol. The number of aryl methyl sites for hydroxylation is 1. The molecule has 0 spiro atoms. The van der Waals surface area contributed by atoms with E-state index in [-0.39, 0.29) is 23.2 Å². The molecule has 0 aliphatic carbocycles. The van der Waals surface area contributed by atoms with E-state index >= 15 is 0 Å². The SMILES string of the molecule is CC(Cc1cccs1)N(Cc1ccccc1)C(=O)c1ccc(=O)n(C)n1. The zero-order chi connectivity index (χ0) is 18.5. The van der Waals surface area contributed by atoms with Crippen molar-refractivity contribution in [2.24, 2.45) is 7.05 Å². The van der Waals surface area contributed by atoms with Crippen molar-refractivity contribution in [3.63, 3.8) is 0 Å². The molecule has 134 valence electrons. The van der Waals surface area contributed by atoms with Crippen LogP contribution in [0.1, 0.15) is 27.9 Å². The van der Waals surface area contributed by atoms with Gasteiger partial charge in [-0.25, -0.2) is 4.68 Å². The lowest BCUT2D eigenvalue weighted by molar-refractivity contribution is 0.0667. The van der Waals surface area contributed by atoms with Gasteiger partial charge in [0.1, 0.15) is 5.69 Å². The zero-order valence-corrected chi connectivity index (χ0v) is 15.6. The monoisotopic (exact) mass is 367 g/mol. The largest absolute Gasteiger partial charge is 0.330 e. The molecule has 0 radical (unpaired) electrons. The van der Waals surface area contributed by atoms with E-state index in [0.717, 1.165) is 12.0 Å². The van der Waals surface area contributed by atoms with Crippen molar-refractivity contribution in [3.05, 3.63) is 86.5 Å². The lowest BCUT2D eigenvalue weighted by Gasteiger charge is -2.29. The molecule has 0 saturated heterocycles. The van der Waals surface area contributed by atoms with Crippen LogP contribution in [0.2, 0.25) is 0 Å². The Bertz CT molecular complexity index is 920. The highest BCUT2D eigenvalue weighted by atomic mass is 32.1. The summed E-state index contributed by atoms with van der Waals surface area (Å²) in [5, 5.41) is 6.17. The molecule has 0 N–H and O–H groups in total. The minimum absolute atomic E-state index is 0.000361. The van der Waals surface area contributed by atoms with Crippen LogP contribution in [0.25, 0.3) is 0 Å². The van der Waals surface area contributed by atoms with Crippen LogP contribution in [0, 0.1) is 0 Å². The number of carbonyl (C=O) groups is 1. The molecule has 0 aliphatic heterocycles. The molecular weight excluding hydrogens is 346 g/mol. The molecule has 0 saturated carbocycles. The highest BCUT2D eigenvalue weighted by Crippen LogP contribution is 2.18. The Kier molecular flexibility index (Phi) is 5.63. The van der Waals surface area contributed by atoms with Crippen molar-refractivity contribution in [2.45, 2.75) is 25.9 Å². The van der Waals surface area contributed by atoms with Crippen LogP contribution in [0.5, 0.6) is 0 Å². The smallest absolute Gasteiger partial charge is 0.274 e. The van der Waals surface area contributed by atoms with E-state index in [2.05, 4.69) is 11.2 Å². The van der Waals surface area contributed by atoms with Gasteiger partial charge in [0.15, 0.2) is 0 Å². The number of nitrogens with zero attached hydrogens (tertiary/aromatic N) is 3. The number of carbonyl (C=O) groups excluding carboxylic acids is 1. The number of rotatable bonds is 6. The summed E-state index contributed by atoms with van der Waals surface area (Å²) in [6.45, 7) is 2.54. The van der Waals surface area contributed by atoms with Gasteiger partial charge in [0.05, 0.1) is 0 Å². The Hall–Kier alpha value is -2.73. The van der Waals surface area contributed by atoms with Crippen LogP contribution >= 0.6 is 11.3 Å². The summed E-state index contributed by atoms with van der Waals surface area (Å²) in [6, 6.07) is 16.9. The van der Waals surface area contributed by atoms with E-state index in [4.69, 9.17) is 0 Å². The van der Waals surface area contributed by atoms with Crippen LogP contribution in [0.15, 0.2) is 64.8 Å². The number of aromatic nitrogens is 2. The molecule has 2 heterocycles. The van der Waals surface area contributed by atoms with Crippen LogP contribution < -0.4 is 5.56 Å². The summed E-state index contributed by atoms with van der Waals surface area (Å²) in [6.07, 6.45) is 0.780. The first-order valence-corrected chi connectivity index (χ1v) is 9.34. The highest BCUT2D eigenvalue weighted by molar-refractivity contribution is 7.09. The molecule has 5 nitrogen and oxygen atoms in total. The fourth-order valence-corrected chi connectivity index (χ4v) is 3.63. The van der Waals surface area contributed by atoms with Gasteiger partial charge in [-0.05, 0) is 30.0 Å². The molecule has 3 aromatic rings. The normalized spacial score (nSPS) is 11.9. The van der Waals surface area contributed by atoms with Gasteiger partial charge in [0.2, 0.25) is 0 Å². The molecule has 0 fully saturated rings. The number of hydrogen-bond acceptors (Lipinski definition) is 4. The second-order valence-electron chi connectivity index (χ2n) is 6.23. The minimum Gasteiger partial charge on any atom is -0.330 e. The van der Waals surface area contributed by atoms with Crippen molar-refractivity contribution in [2.75, 3.05) is 0 Å². The predicted molar refractivity (Wildman–Crippen MR) is 103 cm³/mol. The third-order valence-corrected chi connectivity index (χ3v) is 5.14. The summed E-state index contributed by atoms with van der Waals surface area (Å²) < 4.78 is 1.19. The Balaban J connectivity index is 1.89. The third kappa shape index (κ3) is 4.26. The highest BCUT2D eigenvalue weighted by Gasteiger charge is 2.24. The molecule has 0 bridgehead atoms. The first-order chi connectivity index (χ1) is 12.5. The molecule has 3 rings (SSSR count). The summed E-state index contributed by atoms with van der Waals surface area (Å²) in [5.74, 6) is -0.173. The van der Waals surface area contributed by atoms with Gasteiger partial charge in [-0.2, -0.15) is 5.10 Å². The molecule has 6 heteroatoms. The lowest BCUT2D eigenvalue weighted by atomic mass is 10.1. The molecule has 1 aromatic carbocycles. The molecule has 1 atom stereocenters. The van der Waals surface area contributed by atoms with E-state index in [0.29, 0.717) is 6.54 Å². The maximum atomic E-state index is 13.1. The fraction of sp³-hybridized carbons (Fsp3) is 0.250. The van der Waals surface area contributed by atoms with Gasteiger partial charge < -0.3 is 4.90 Å². The van der Waals surface area contributed by atoms with Crippen molar-refractivity contribution in [1.82, 2.24) is 14.7 Å². The summed E-state index contributed by atoms with van der Waals surface area (Å²) in [5.41, 5.74) is 1.10. The standard InChI is InChI=1S/C20H21N3O2S/c1-15(13-17-9-6-12-26-17)23(14-16-7-4-3-5-8-16)20(25)18-10-11-19(24)22(2)21-18/h3-12,15H,13-14H2,1-2H3. The van der Waals surface area contributed by atoms with E-state index in [1.165, 1.54) is 21.7 Å². The van der Waals surface area contributed by atoms with Gasteiger partial charge in [-0.1, -0.05) is 36.4 Å². The van der Waals surface area contributed by atoms with Crippen molar-refractivity contribution in [1.29, 1.82) is 0 Å². The van der Waals surface area contributed by atoms with Gasteiger partial charge in [0.25, 0.3) is 11.5 Å². The van der Waals surface area contributed by atoms with Gasteiger partial charge >= 0.3 is 0 Å². The van der Waals surface area contributed by atoms with Crippen LogP contribution in [0.3, 0.4) is 0 Å². The van der Waals surface area contributed by atoms with Crippen molar-refractivity contribution < 1.29 is 4.79 Å². The second-order valence-corrected chi connectivity index (χ2v) is 7.26. The minimum atomic E-state index is -0.234. The van der Waals surface area contributed by atoms with Gasteiger partial charge in [-0.3, -0.25) is 9.59 Å². The first kappa shape index (κ1) is 18.1. The van der Waals surface area contributed by atoms with Gasteiger partial charge in [0, 0.05) is 37.0 Å². The van der Waals surface area contributed by atoms with Crippen LogP contribution in [0.4, 0.5) is 0 Å². The van der Waals surface area contributed by atoms with Crippen molar-refractivity contribution >= 4 is 17.2 Å². The molecule has 1 unspecified atom stereocenters. The Morgan fingerprint density at radius 3 is 2.58 bits per heavy atom. The summed E-state index contributed by atoms with van der Waals surface area (Å²) in [4.78, 5) is 27.8. The van der Waals surface area contributed by atoms with E-state index < -0.39 is 0 Å². The summed E-state index contributed by atoms with van der Waals surface area (Å²) in [7, 11) is 1.55. The van der Waals surface area contributed by atoms with Crippen molar-refractivity contribution in [3.8, 4) is 0 Å². The maximum Gasteiger partial charge on any atom is 0.274 e. The molecule has 1 amide bonds. The van der Waals surface area contributed by atoms with E-state index in [1.54, 1.807) is 18.4 Å². The third-order valence-electron chi connectivity index (χ3n) is 4.24. The van der Waals surface area contributed by atoms with Crippen LogP contribution in [-0.2, 0) is 20.0 Å². The average Bonchev–Trinajstić information content (AvgIpc) is 3.15.